The van der Waals surface area contributed by atoms with E-state index in [9.17, 15) is 0 Å². The Morgan fingerprint density at radius 1 is 1.04 bits per heavy atom. The average molecular weight is 327 g/mol. The number of benzene rings is 1. The molecular formula is C17H21N5S. The monoisotopic (exact) mass is 327 g/mol. The highest BCUT2D eigenvalue weighted by Crippen LogP contribution is 2.23. The summed E-state index contributed by atoms with van der Waals surface area (Å²) in [5, 5.41) is 7.23. The molecule has 0 amide bonds. The molecule has 2 heterocycles. The van der Waals surface area contributed by atoms with Crippen molar-refractivity contribution in [3.8, 4) is 16.3 Å². The van der Waals surface area contributed by atoms with Gasteiger partial charge in [0.05, 0.1) is 6.20 Å². The number of rotatable bonds is 6. The zero-order chi connectivity index (χ0) is 16.2. The van der Waals surface area contributed by atoms with E-state index in [2.05, 4.69) is 65.3 Å². The van der Waals surface area contributed by atoms with Gasteiger partial charge in [0.15, 0.2) is 0 Å². The highest BCUT2D eigenvalue weighted by Gasteiger charge is 2.06. The van der Waals surface area contributed by atoms with Crippen LogP contribution in [0.5, 0.6) is 0 Å². The zero-order valence-electron chi connectivity index (χ0n) is 13.7. The van der Waals surface area contributed by atoms with Crippen LogP contribution >= 0.6 is 11.3 Å². The van der Waals surface area contributed by atoms with E-state index in [-0.39, 0.29) is 0 Å². The molecule has 0 saturated heterocycles. The maximum atomic E-state index is 4.39. The number of thiazole rings is 1. The molecule has 23 heavy (non-hydrogen) atoms. The van der Waals surface area contributed by atoms with Crippen LogP contribution in [0.3, 0.4) is 0 Å². The van der Waals surface area contributed by atoms with E-state index in [4.69, 9.17) is 0 Å². The number of aromatic nitrogens is 3. The Balaban J connectivity index is 1.72. The van der Waals surface area contributed by atoms with E-state index in [0.717, 1.165) is 29.3 Å². The minimum Gasteiger partial charge on any atom is -0.373 e. The minimum absolute atomic E-state index is 0.885. The zero-order valence-corrected chi connectivity index (χ0v) is 14.5. The second-order valence-electron chi connectivity index (χ2n) is 5.76. The van der Waals surface area contributed by atoms with Crippen molar-refractivity contribution < 1.29 is 0 Å². The van der Waals surface area contributed by atoms with Gasteiger partial charge >= 0.3 is 0 Å². The Morgan fingerprint density at radius 3 is 2.48 bits per heavy atom. The minimum atomic E-state index is 0.885. The topological polar surface area (TPSA) is 37.2 Å². The Bertz CT molecular complexity index is 731. The summed E-state index contributed by atoms with van der Waals surface area (Å²) in [6.45, 7) is 2.05. The smallest absolute Gasteiger partial charge is 0.210 e. The van der Waals surface area contributed by atoms with Crippen LogP contribution in [0.4, 0.5) is 5.69 Å². The van der Waals surface area contributed by atoms with Gasteiger partial charge in [-0.15, -0.1) is 11.3 Å². The summed E-state index contributed by atoms with van der Waals surface area (Å²) < 4.78 is 1.82. The Labute approximate surface area is 140 Å². The van der Waals surface area contributed by atoms with Crippen LogP contribution in [0, 0.1) is 0 Å². The number of nitrogens with zero attached hydrogens (tertiary/aromatic N) is 5. The molecule has 120 valence electrons. The molecule has 0 N–H and O–H groups in total. The SMILES string of the molecule is CN(C)CCN(C)c1ccc(-c2cnn(-c3nccs3)c2)cc1. The third kappa shape index (κ3) is 3.78. The third-order valence-corrected chi connectivity index (χ3v) is 4.48. The van der Waals surface area contributed by atoms with Crippen molar-refractivity contribution in [3.05, 3.63) is 48.2 Å². The molecule has 0 saturated carbocycles. The summed E-state index contributed by atoms with van der Waals surface area (Å²) in [5.41, 5.74) is 3.49. The molecule has 0 aliphatic heterocycles. The predicted molar refractivity (Wildman–Crippen MR) is 96.5 cm³/mol. The first-order chi connectivity index (χ1) is 11.1. The van der Waals surface area contributed by atoms with Crippen LogP contribution in [0.1, 0.15) is 0 Å². The number of likely N-dealkylation sites (N-methyl/N-ethyl adjacent to an activating group) is 2. The fourth-order valence-electron chi connectivity index (χ4n) is 2.29. The molecule has 3 aromatic rings. The van der Waals surface area contributed by atoms with Crippen molar-refractivity contribution in [2.75, 3.05) is 39.1 Å². The molecule has 0 aliphatic rings. The Morgan fingerprint density at radius 2 is 1.83 bits per heavy atom. The third-order valence-electron chi connectivity index (χ3n) is 3.72. The Hall–Kier alpha value is -2.18. The second-order valence-corrected chi connectivity index (χ2v) is 6.63. The van der Waals surface area contributed by atoms with Crippen LogP contribution in [-0.4, -0.2) is 53.9 Å². The first kappa shape index (κ1) is 15.7. The van der Waals surface area contributed by atoms with Gasteiger partial charge in [-0.1, -0.05) is 12.1 Å². The fraction of sp³-hybridized carbons (Fsp3) is 0.294. The number of hydrogen-bond acceptors (Lipinski definition) is 5. The highest BCUT2D eigenvalue weighted by molar-refractivity contribution is 7.12. The molecule has 0 aliphatic carbocycles. The lowest BCUT2D eigenvalue weighted by Crippen LogP contribution is -2.28. The highest BCUT2D eigenvalue weighted by atomic mass is 32.1. The van der Waals surface area contributed by atoms with Crippen LogP contribution in [0.15, 0.2) is 48.2 Å². The quantitative estimate of drug-likeness (QED) is 0.697. The summed E-state index contributed by atoms with van der Waals surface area (Å²) >= 11 is 1.58. The Kier molecular flexibility index (Phi) is 4.73. The summed E-state index contributed by atoms with van der Waals surface area (Å²) in [6.07, 6.45) is 5.69. The first-order valence-corrected chi connectivity index (χ1v) is 8.42. The van der Waals surface area contributed by atoms with E-state index in [1.165, 1.54) is 5.69 Å². The van der Waals surface area contributed by atoms with E-state index < -0.39 is 0 Å². The van der Waals surface area contributed by atoms with E-state index in [1.54, 1.807) is 17.5 Å². The van der Waals surface area contributed by atoms with Gasteiger partial charge in [-0.25, -0.2) is 9.67 Å². The van der Waals surface area contributed by atoms with Crippen molar-refractivity contribution >= 4 is 17.0 Å². The normalized spacial score (nSPS) is 11.1. The van der Waals surface area contributed by atoms with Crippen molar-refractivity contribution in [1.82, 2.24) is 19.7 Å². The molecule has 0 atom stereocenters. The van der Waals surface area contributed by atoms with E-state index >= 15 is 0 Å². The molecular weight excluding hydrogens is 306 g/mol. The fourth-order valence-corrected chi connectivity index (χ4v) is 2.87. The summed E-state index contributed by atoms with van der Waals surface area (Å²) in [6, 6.07) is 8.60. The lowest BCUT2D eigenvalue weighted by Gasteiger charge is -2.21. The van der Waals surface area contributed by atoms with Gasteiger partial charge in [-0.2, -0.15) is 5.10 Å². The molecule has 5 nitrogen and oxygen atoms in total. The van der Waals surface area contributed by atoms with Gasteiger partial charge in [-0.05, 0) is 31.8 Å². The molecule has 2 aromatic heterocycles. The van der Waals surface area contributed by atoms with Crippen molar-refractivity contribution in [1.29, 1.82) is 0 Å². The maximum absolute atomic E-state index is 4.39. The summed E-state index contributed by atoms with van der Waals surface area (Å²) in [5.74, 6) is 0. The molecule has 0 bridgehead atoms. The maximum Gasteiger partial charge on any atom is 0.210 e. The van der Waals surface area contributed by atoms with Gasteiger partial charge < -0.3 is 9.80 Å². The first-order valence-electron chi connectivity index (χ1n) is 7.54. The van der Waals surface area contributed by atoms with Gasteiger partial charge in [0.2, 0.25) is 5.13 Å². The van der Waals surface area contributed by atoms with E-state index in [0.29, 0.717) is 0 Å². The summed E-state index contributed by atoms with van der Waals surface area (Å²) in [4.78, 5) is 8.73. The predicted octanol–water partition coefficient (Wildman–Crippen LogP) is 2.99. The van der Waals surface area contributed by atoms with Crippen LogP contribution in [-0.2, 0) is 0 Å². The lowest BCUT2D eigenvalue weighted by molar-refractivity contribution is 0.416. The van der Waals surface area contributed by atoms with Gasteiger partial charge in [-0.3, -0.25) is 0 Å². The lowest BCUT2D eigenvalue weighted by atomic mass is 10.1. The van der Waals surface area contributed by atoms with Crippen molar-refractivity contribution in [2.24, 2.45) is 0 Å². The molecule has 3 rings (SSSR count). The van der Waals surface area contributed by atoms with Crippen LogP contribution in [0.25, 0.3) is 16.3 Å². The standard InChI is InChI=1S/C17H21N5S/c1-20(2)9-10-21(3)16-6-4-14(5-7-16)15-12-19-22(13-15)17-18-8-11-23-17/h4-8,11-13H,9-10H2,1-3H3. The molecule has 0 unspecified atom stereocenters. The largest absolute Gasteiger partial charge is 0.373 e. The van der Waals surface area contributed by atoms with Crippen LogP contribution in [0.2, 0.25) is 0 Å². The molecule has 0 radical (unpaired) electrons. The van der Waals surface area contributed by atoms with E-state index in [1.807, 2.05) is 22.5 Å². The molecule has 0 spiro atoms. The molecule has 1 aromatic carbocycles. The number of hydrogen-bond donors (Lipinski definition) is 0. The number of anilines is 1. The average Bonchev–Trinajstić information content (AvgIpc) is 3.23. The molecule has 6 heteroatoms. The van der Waals surface area contributed by atoms with Crippen LogP contribution < -0.4 is 4.90 Å². The van der Waals surface area contributed by atoms with Crippen molar-refractivity contribution in [2.45, 2.75) is 0 Å². The van der Waals surface area contributed by atoms with Gasteiger partial charge in [0, 0.05) is 49.2 Å². The van der Waals surface area contributed by atoms with Crippen molar-refractivity contribution in [3.63, 3.8) is 0 Å². The van der Waals surface area contributed by atoms with Gasteiger partial charge in [0.25, 0.3) is 0 Å². The molecule has 0 fully saturated rings. The summed E-state index contributed by atoms with van der Waals surface area (Å²) in [7, 11) is 6.31. The van der Waals surface area contributed by atoms with Gasteiger partial charge in [0.1, 0.15) is 0 Å². The second kappa shape index (κ2) is 6.93.